The van der Waals surface area contributed by atoms with E-state index >= 15 is 0 Å². The lowest BCUT2D eigenvalue weighted by Gasteiger charge is -2.44. The van der Waals surface area contributed by atoms with E-state index in [0.29, 0.717) is 11.0 Å². The topological polar surface area (TPSA) is 74.7 Å². The first-order chi connectivity index (χ1) is 10.2. The van der Waals surface area contributed by atoms with Crippen LogP contribution in [-0.4, -0.2) is 29.1 Å². The van der Waals surface area contributed by atoms with E-state index < -0.39 is 0 Å². The molecule has 1 aliphatic heterocycles. The van der Waals surface area contributed by atoms with Crippen LogP contribution < -0.4 is 10.6 Å². The van der Waals surface area contributed by atoms with Gasteiger partial charge < -0.3 is 15.8 Å². The third-order valence-corrected chi connectivity index (χ3v) is 5.21. The molecule has 0 unspecified atom stereocenters. The molecule has 1 aromatic heterocycles. The number of piperidine rings is 1. The molecule has 114 valence electrons. The number of nitrogens with zero attached hydrogens (tertiary/aromatic N) is 3. The fourth-order valence-corrected chi connectivity index (χ4v) is 3.79. The fourth-order valence-electron chi connectivity index (χ4n) is 3.79. The van der Waals surface area contributed by atoms with Crippen LogP contribution in [0.2, 0.25) is 0 Å². The van der Waals surface area contributed by atoms with Crippen molar-refractivity contribution < 1.29 is 5.21 Å². The predicted molar refractivity (Wildman–Crippen MR) is 83.7 cm³/mol. The summed E-state index contributed by atoms with van der Waals surface area (Å²) in [5.74, 6) is 1.10. The molecule has 0 radical (unpaired) electrons. The number of anilines is 1. The molecule has 1 saturated carbocycles. The van der Waals surface area contributed by atoms with Crippen LogP contribution in [0, 0.1) is 5.41 Å². The van der Waals surface area contributed by atoms with E-state index in [1.54, 1.807) is 6.20 Å². The van der Waals surface area contributed by atoms with Crippen LogP contribution in [0.1, 0.15) is 50.5 Å². The van der Waals surface area contributed by atoms with Crippen LogP contribution in [0.25, 0.3) is 0 Å². The summed E-state index contributed by atoms with van der Waals surface area (Å²) in [5.41, 5.74) is 6.83. The van der Waals surface area contributed by atoms with Gasteiger partial charge in [-0.3, -0.25) is 0 Å². The monoisotopic (exact) mass is 288 g/mol. The van der Waals surface area contributed by atoms with Crippen molar-refractivity contribution in [2.75, 3.05) is 18.0 Å². The highest BCUT2D eigenvalue weighted by molar-refractivity contribution is 5.96. The minimum atomic E-state index is 0.105. The molecular formula is C16H24N4O. The summed E-state index contributed by atoms with van der Waals surface area (Å²) >= 11 is 0. The Morgan fingerprint density at radius 2 is 1.86 bits per heavy atom. The van der Waals surface area contributed by atoms with Gasteiger partial charge in [-0.15, -0.1) is 0 Å². The Bertz CT molecular complexity index is 496. The Kier molecular flexibility index (Phi) is 3.99. The Labute approximate surface area is 125 Å². The van der Waals surface area contributed by atoms with Gasteiger partial charge in [-0.25, -0.2) is 4.98 Å². The Balaban J connectivity index is 1.64. The molecule has 1 aliphatic carbocycles. The summed E-state index contributed by atoms with van der Waals surface area (Å²) in [6.07, 6.45) is 11.3. The summed E-state index contributed by atoms with van der Waals surface area (Å²) in [5, 5.41) is 11.7. The molecule has 2 aliphatic rings. The van der Waals surface area contributed by atoms with Crippen molar-refractivity contribution in [3.8, 4) is 0 Å². The van der Waals surface area contributed by atoms with Gasteiger partial charge in [0.25, 0.3) is 0 Å². The molecule has 0 amide bonds. The number of pyridine rings is 1. The molecule has 1 aromatic rings. The van der Waals surface area contributed by atoms with Crippen LogP contribution in [0.5, 0.6) is 0 Å². The number of rotatable bonds is 2. The maximum absolute atomic E-state index is 8.67. The average molecular weight is 288 g/mol. The van der Waals surface area contributed by atoms with Gasteiger partial charge in [0.1, 0.15) is 5.82 Å². The average Bonchev–Trinajstić information content (AvgIpc) is 2.56. The van der Waals surface area contributed by atoms with Crippen molar-refractivity contribution >= 4 is 11.7 Å². The van der Waals surface area contributed by atoms with E-state index in [1.807, 2.05) is 12.1 Å². The van der Waals surface area contributed by atoms with Crippen molar-refractivity contribution in [1.29, 1.82) is 0 Å². The van der Waals surface area contributed by atoms with Crippen LogP contribution in [0.3, 0.4) is 0 Å². The maximum atomic E-state index is 8.67. The van der Waals surface area contributed by atoms with Crippen molar-refractivity contribution in [3.63, 3.8) is 0 Å². The zero-order valence-electron chi connectivity index (χ0n) is 12.5. The lowest BCUT2D eigenvalue weighted by molar-refractivity contribution is 0.144. The summed E-state index contributed by atoms with van der Waals surface area (Å²) in [7, 11) is 0. The van der Waals surface area contributed by atoms with Crippen LogP contribution in [0.4, 0.5) is 5.82 Å². The van der Waals surface area contributed by atoms with Gasteiger partial charge >= 0.3 is 0 Å². The molecule has 0 aromatic carbocycles. The molecule has 5 heteroatoms. The lowest BCUT2D eigenvalue weighted by atomic mass is 9.68. The third-order valence-electron chi connectivity index (χ3n) is 5.21. The fraction of sp³-hybridized carbons (Fsp3) is 0.625. The van der Waals surface area contributed by atoms with Gasteiger partial charge in [0.15, 0.2) is 5.84 Å². The number of hydrogen-bond donors (Lipinski definition) is 2. The molecule has 5 nitrogen and oxygen atoms in total. The van der Waals surface area contributed by atoms with E-state index in [2.05, 4.69) is 15.0 Å². The molecule has 2 fully saturated rings. The van der Waals surface area contributed by atoms with Crippen LogP contribution in [0.15, 0.2) is 23.5 Å². The molecule has 0 atom stereocenters. The largest absolute Gasteiger partial charge is 0.409 e. The van der Waals surface area contributed by atoms with Crippen LogP contribution >= 0.6 is 0 Å². The van der Waals surface area contributed by atoms with E-state index in [0.717, 1.165) is 18.9 Å². The predicted octanol–water partition coefficient (Wildman–Crippen LogP) is 2.73. The zero-order chi connectivity index (χ0) is 14.7. The highest BCUT2D eigenvalue weighted by Gasteiger charge is 2.35. The normalized spacial score (nSPS) is 22.5. The number of aromatic nitrogens is 1. The second kappa shape index (κ2) is 5.92. The van der Waals surface area contributed by atoms with Crippen LogP contribution in [-0.2, 0) is 0 Å². The number of oxime groups is 1. The maximum Gasteiger partial charge on any atom is 0.171 e. The van der Waals surface area contributed by atoms with E-state index in [-0.39, 0.29) is 5.84 Å². The summed E-state index contributed by atoms with van der Waals surface area (Å²) in [6.45, 7) is 2.19. The van der Waals surface area contributed by atoms with Gasteiger partial charge in [-0.05, 0) is 43.2 Å². The highest BCUT2D eigenvalue weighted by Crippen LogP contribution is 2.44. The highest BCUT2D eigenvalue weighted by atomic mass is 16.4. The third kappa shape index (κ3) is 2.96. The molecule has 1 saturated heterocycles. The molecule has 1 spiro atoms. The Hall–Kier alpha value is -1.78. The minimum Gasteiger partial charge on any atom is -0.409 e. The second-order valence-corrected chi connectivity index (χ2v) is 6.44. The van der Waals surface area contributed by atoms with E-state index in [9.17, 15) is 0 Å². The van der Waals surface area contributed by atoms with Crippen molar-refractivity contribution in [3.05, 3.63) is 23.9 Å². The summed E-state index contributed by atoms with van der Waals surface area (Å²) in [6, 6.07) is 3.83. The second-order valence-electron chi connectivity index (χ2n) is 6.44. The smallest absolute Gasteiger partial charge is 0.171 e. The minimum absolute atomic E-state index is 0.105. The van der Waals surface area contributed by atoms with Crippen molar-refractivity contribution in [1.82, 2.24) is 4.98 Å². The quantitative estimate of drug-likeness (QED) is 0.380. The number of hydrogen-bond acceptors (Lipinski definition) is 4. The Morgan fingerprint density at radius 1 is 1.14 bits per heavy atom. The van der Waals surface area contributed by atoms with Gasteiger partial charge in [0, 0.05) is 24.8 Å². The van der Waals surface area contributed by atoms with E-state index in [1.165, 1.54) is 44.9 Å². The standard InChI is InChI=1S/C16H24N4O/c17-15(19-21)13-4-5-14(18-12-13)20-10-8-16(9-11-20)6-2-1-3-7-16/h4-5,12,21H,1-3,6-11H2,(H2,17,19). The molecule has 3 rings (SSSR count). The molecular weight excluding hydrogens is 264 g/mol. The number of amidine groups is 1. The summed E-state index contributed by atoms with van der Waals surface area (Å²) < 4.78 is 0. The first-order valence-corrected chi connectivity index (χ1v) is 7.91. The van der Waals surface area contributed by atoms with Gasteiger partial charge in [-0.1, -0.05) is 24.4 Å². The molecule has 21 heavy (non-hydrogen) atoms. The SMILES string of the molecule is NC(=NO)c1ccc(N2CCC3(CCCCC3)CC2)nc1. The van der Waals surface area contributed by atoms with Gasteiger partial charge in [-0.2, -0.15) is 0 Å². The first kappa shape index (κ1) is 14.2. The molecule has 2 heterocycles. The molecule has 0 bridgehead atoms. The first-order valence-electron chi connectivity index (χ1n) is 7.91. The van der Waals surface area contributed by atoms with Gasteiger partial charge in [0.05, 0.1) is 0 Å². The summed E-state index contributed by atoms with van der Waals surface area (Å²) in [4.78, 5) is 6.82. The Morgan fingerprint density at radius 3 is 2.43 bits per heavy atom. The van der Waals surface area contributed by atoms with Gasteiger partial charge in [0.2, 0.25) is 0 Å². The zero-order valence-corrected chi connectivity index (χ0v) is 12.5. The van der Waals surface area contributed by atoms with Crippen molar-refractivity contribution in [2.45, 2.75) is 44.9 Å². The molecule has 3 N–H and O–H groups in total. The lowest BCUT2D eigenvalue weighted by Crippen LogP contribution is -2.41. The van der Waals surface area contributed by atoms with Crippen molar-refractivity contribution in [2.24, 2.45) is 16.3 Å². The van der Waals surface area contributed by atoms with E-state index in [4.69, 9.17) is 10.9 Å². The number of nitrogens with two attached hydrogens (primary N) is 1.